The van der Waals surface area contributed by atoms with Gasteiger partial charge in [0, 0.05) is 36.1 Å². The Morgan fingerprint density at radius 3 is 2.78 bits per heavy atom. The second-order valence-corrected chi connectivity index (χ2v) is 8.18. The molecule has 1 aliphatic carbocycles. The highest BCUT2D eigenvalue weighted by molar-refractivity contribution is 5.79. The lowest BCUT2D eigenvalue weighted by Crippen LogP contribution is -2.41. The van der Waals surface area contributed by atoms with Gasteiger partial charge in [0.25, 0.3) is 0 Å². The minimum absolute atomic E-state index is 0.0550. The molecule has 0 unspecified atom stereocenters. The first kappa shape index (κ1) is 18.4. The highest BCUT2D eigenvalue weighted by atomic mass is 16.3. The van der Waals surface area contributed by atoms with Crippen LogP contribution < -0.4 is 0 Å². The van der Waals surface area contributed by atoms with E-state index in [4.69, 9.17) is 4.98 Å². The Labute approximate surface area is 161 Å². The van der Waals surface area contributed by atoms with Crippen LogP contribution in [0, 0.1) is 5.92 Å². The molecule has 1 saturated heterocycles. The van der Waals surface area contributed by atoms with Crippen molar-refractivity contribution in [3.05, 3.63) is 42.1 Å². The number of pyridine rings is 1. The number of hydrogen-bond acceptors (Lipinski definition) is 4. The molecule has 27 heavy (non-hydrogen) atoms. The van der Waals surface area contributed by atoms with Gasteiger partial charge < -0.3 is 10.0 Å². The maximum Gasteiger partial charge on any atom is 0.236 e. The summed E-state index contributed by atoms with van der Waals surface area (Å²) in [5.41, 5.74) is 1.96. The van der Waals surface area contributed by atoms with E-state index in [0.29, 0.717) is 32.1 Å². The highest BCUT2D eigenvalue weighted by Crippen LogP contribution is 2.24. The largest absolute Gasteiger partial charge is 0.391 e. The zero-order valence-corrected chi connectivity index (χ0v) is 16.1. The first-order valence-electron chi connectivity index (χ1n) is 10.1. The third-order valence-electron chi connectivity index (χ3n) is 6.22. The predicted molar refractivity (Wildman–Crippen MR) is 106 cm³/mol. The lowest BCUT2D eigenvalue weighted by Gasteiger charge is -2.26. The van der Waals surface area contributed by atoms with Crippen molar-refractivity contribution in [1.82, 2.24) is 14.8 Å². The van der Waals surface area contributed by atoms with Crippen LogP contribution in [0.25, 0.3) is 10.9 Å². The van der Waals surface area contributed by atoms with Crippen molar-refractivity contribution < 1.29 is 9.90 Å². The summed E-state index contributed by atoms with van der Waals surface area (Å²) in [6.45, 7) is 1.51. The molecule has 1 aromatic heterocycles. The number of aliphatic hydroxyl groups excluding tert-OH is 1. The van der Waals surface area contributed by atoms with Crippen LogP contribution in [0.3, 0.4) is 0 Å². The van der Waals surface area contributed by atoms with Crippen molar-refractivity contribution in [3.8, 4) is 0 Å². The number of carbonyl (C=O) groups excluding carboxylic acids is 1. The smallest absolute Gasteiger partial charge is 0.236 e. The van der Waals surface area contributed by atoms with E-state index in [9.17, 15) is 9.90 Å². The third-order valence-corrected chi connectivity index (χ3v) is 6.22. The monoisotopic (exact) mass is 367 g/mol. The third kappa shape index (κ3) is 4.14. The Morgan fingerprint density at radius 1 is 1.19 bits per heavy atom. The average Bonchev–Trinajstić information content (AvgIpc) is 3.32. The number of para-hydroxylation sites is 1. The summed E-state index contributed by atoms with van der Waals surface area (Å²) in [5, 5.41) is 11.6. The number of likely N-dealkylation sites (tertiary alicyclic amines) is 1. The molecule has 0 radical (unpaired) electrons. The molecule has 0 bridgehead atoms. The number of fused-ring (bicyclic) bond motifs is 1. The van der Waals surface area contributed by atoms with Crippen molar-refractivity contribution >= 4 is 16.8 Å². The van der Waals surface area contributed by atoms with Crippen LogP contribution in [0.5, 0.6) is 0 Å². The van der Waals surface area contributed by atoms with Gasteiger partial charge in [0.1, 0.15) is 0 Å². The van der Waals surface area contributed by atoms with Gasteiger partial charge in [-0.2, -0.15) is 0 Å². The second kappa shape index (κ2) is 7.95. The molecule has 2 heterocycles. The Morgan fingerprint density at radius 2 is 1.96 bits per heavy atom. The van der Waals surface area contributed by atoms with Crippen LogP contribution in [-0.4, -0.2) is 64.6 Å². The van der Waals surface area contributed by atoms with Gasteiger partial charge >= 0.3 is 0 Å². The molecule has 5 nitrogen and oxygen atoms in total. The number of nitrogens with zero attached hydrogens (tertiary/aromatic N) is 3. The fourth-order valence-corrected chi connectivity index (χ4v) is 4.54. The average molecular weight is 367 g/mol. The van der Waals surface area contributed by atoms with Gasteiger partial charge in [-0.15, -0.1) is 0 Å². The quantitative estimate of drug-likeness (QED) is 0.882. The van der Waals surface area contributed by atoms with Crippen LogP contribution in [-0.2, 0) is 11.2 Å². The molecular weight excluding hydrogens is 338 g/mol. The molecule has 1 amide bonds. The molecule has 0 spiro atoms. The van der Waals surface area contributed by atoms with E-state index in [1.54, 1.807) is 0 Å². The Kier molecular flexibility index (Phi) is 5.41. The fraction of sp³-hybridized carbons (Fsp3) is 0.545. The molecule has 2 atom stereocenters. The number of amides is 1. The highest BCUT2D eigenvalue weighted by Gasteiger charge is 2.35. The second-order valence-electron chi connectivity index (χ2n) is 8.18. The number of hydrogen-bond donors (Lipinski definition) is 1. The zero-order valence-electron chi connectivity index (χ0n) is 16.1. The van der Waals surface area contributed by atoms with Crippen LogP contribution in [0.1, 0.15) is 31.4 Å². The summed E-state index contributed by atoms with van der Waals surface area (Å²) in [7, 11) is 2.05. The SMILES string of the molecule is CN(CC(=O)N1C[C@@H](Cc2ccc3ccccc3n2)[C@H](O)C1)C1CCCC1. The van der Waals surface area contributed by atoms with Gasteiger partial charge in [0.2, 0.25) is 5.91 Å². The Balaban J connectivity index is 1.36. The van der Waals surface area contributed by atoms with Crippen LogP contribution in [0.15, 0.2) is 36.4 Å². The van der Waals surface area contributed by atoms with Crippen molar-refractivity contribution in [2.75, 3.05) is 26.7 Å². The van der Waals surface area contributed by atoms with Crippen molar-refractivity contribution in [3.63, 3.8) is 0 Å². The van der Waals surface area contributed by atoms with Crippen LogP contribution in [0.2, 0.25) is 0 Å². The summed E-state index contributed by atoms with van der Waals surface area (Å²) in [6.07, 6.45) is 5.16. The number of carbonyl (C=O) groups is 1. The van der Waals surface area contributed by atoms with Crippen molar-refractivity contribution in [2.45, 2.75) is 44.2 Å². The van der Waals surface area contributed by atoms with E-state index < -0.39 is 6.10 Å². The van der Waals surface area contributed by atoms with Gasteiger partial charge in [-0.25, -0.2) is 0 Å². The summed E-state index contributed by atoms with van der Waals surface area (Å²) >= 11 is 0. The number of β-amino-alcohol motifs (C(OH)–C–C–N with tert-alkyl or cyclic N) is 1. The number of rotatable bonds is 5. The minimum Gasteiger partial charge on any atom is -0.391 e. The molecule has 2 fully saturated rings. The molecule has 2 aliphatic rings. The number of aromatic nitrogens is 1. The Hall–Kier alpha value is -1.98. The van der Waals surface area contributed by atoms with Gasteiger partial charge in [-0.3, -0.25) is 14.7 Å². The van der Waals surface area contributed by atoms with E-state index in [1.165, 1.54) is 25.7 Å². The van der Waals surface area contributed by atoms with E-state index in [2.05, 4.69) is 24.1 Å². The molecule has 1 N–H and O–H groups in total. The summed E-state index contributed by atoms with van der Waals surface area (Å²) in [4.78, 5) is 21.4. The maximum absolute atomic E-state index is 12.7. The van der Waals surface area contributed by atoms with Gasteiger partial charge in [-0.1, -0.05) is 37.1 Å². The zero-order chi connectivity index (χ0) is 18.8. The van der Waals surface area contributed by atoms with Crippen molar-refractivity contribution in [1.29, 1.82) is 0 Å². The van der Waals surface area contributed by atoms with Crippen LogP contribution >= 0.6 is 0 Å². The van der Waals surface area contributed by atoms with E-state index >= 15 is 0 Å². The molecule has 2 aromatic rings. The number of likely N-dealkylation sites (N-methyl/N-ethyl adjacent to an activating group) is 1. The predicted octanol–water partition coefficient (Wildman–Crippen LogP) is 2.47. The van der Waals surface area contributed by atoms with Gasteiger partial charge in [0.05, 0.1) is 18.2 Å². The topological polar surface area (TPSA) is 56.7 Å². The first-order valence-corrected chi connectivity index (χ1v) is 10.1. The molecular formula is C22H29N3O2. The van der Waals surface area contributed by atoms with Crippen LogP contribution in [0.4, 0.5) is 0 Å². The number of benzene rings is 1. The molecule has 1 aromatic carbocycles. The molecule has 144 valence electrons. The standard InChI is InChI=1S/C22H29N3O2/c1-24(19-7-3-4-8-19)15-22(27)25-13-17(21(26)14-25)12-18-11-10-16-6-2-5-9-20(16)23-18/h2,5-6,9-11,17,19,21,26H,3-4,7-8,12-15H2,1H3/t17-,21-/m1/s1. The van der Waals surface area contributed by atoms with Gasteiger partial charge in [0.15, 0.2) is 0 Å². The maximum atomic E-state index is 12.7. The molecule has 1 saturated carbocycles. The number of aliphatic hydroxyl groups is 1. The van der Waals surface area contributed by atoms with E-state index in [-0.39, 0.29) is 11.8 Å². The first-order chi connectivity index (χ1) is 13.1. The fourth-order valence-electron chi connectivity index (χ4n) is 4.54. The minimum atomic E-state index is -0.473. The van der Waals surface area contributed by atoms with E-state index in [0.717, 1.165) is 16.6 Å². The molecule has 4 rings (SSSR count). The molecule has 1 aliphatic heterocycles. The lowest BCUT2D eigenvalue weighted by molar-refractivity contribution is -0.132. The van der Waals surface area contributed by atoms with Gasteiger partial charge in [-0.05, 0) is 38.4 Å². The van der Waals surface area contributed by atoms with E-state index in [1.807, 2.05) is 29.2 Å². The molecule has 5 heteroatoms. The Bertz CT molecular complexity index is 803. The summed E-state index contributed by atoms with van der Waals surface area (Å²) < 4.78 is 0. The summed E-state index contributed by atoms with van der Waals surface area (Å²) in [5.74, 6) is 0.191. The summed E-state index contributed by atoms with van der Waals surface area (Å²) in [6, 6.07) is 12.7. The normalized spacial score (nSPS) is 23.6. The lowest BCUT2D eigenvalue weighted by atomic mass is 9.99. The van der Waals surface area contributed by atoms with Crippen molar-refractivity contribution in [2.24, 2.45) is 5.92 Å².